The molecule has 0 aliphatic heterocycles. The van der Waals surface area contributed by atoms with Gasteiger partial charge in [0.2, 0.25) is 0 Å². The minimum atomic E-state index is -0.763. The van der Waals surface area contributed by atoms with Crippen LogP contribution in [0, 0.1) is 0 Å². The van der Waals surface area contributed by atoms with E-state index in [0.717, 1.165) is 4.57 Å². The number of ether oxygens (including phenoxy) is 1. The molecule has 0 saturated carbocycles. The second-order valence-corrected chi connectivity index (χ2v) is 8.26. The van der Waals surface area contributed by atoms with Gasteiger partial charge in [-0.05, 0) is 19.0 Å². The van der Waals surface area contributed by atoms with Crippen LogP contribution in [0.25, 0.3) is 11.2 Å². The summed E-state index contributed by atoms with van der Waals surface area (Å²) in [6.45, 7) is 1.46. The number of halogens is 3. The first-order chi connectivity index (χ1) is 14.7. The predicted octanol–water partition coefficient (Wildman–Crippen LogP) is 1.81. The summed E-state index contributed by atoms with van der Waals surface area (Å²) in [6.07, 6.45) is 1.47. The number of aliphatic hydroxyl groups is 1. The Kier molecular flexibility index (Phi) is 7.66. The number of hydrogen-bond acceptors (Lipinski definition) is 6. The number of nitrogens with one attached hydrogen (secondary N) is 1. The Balaban J connectivity index is 1.47. The molecule has 2 heterocycles. The van der Waals surface area contributed by atoms with Crippen molar-refractivity contribution in [1.29, 1.82) is 0 Å². The second-order valence-electron chi connectivity index (χ2n) is 7.04. The lowest BCUT2D eigenvalue weighted by Gasteiger charge is -2.14. The summed E-state index contributed by atoms with van der Waals surface area (Å²) in [7, 11) is 3.02. The van der Waals surface area contributed by atoms with Crippen molar-refractivity contribution in [3.63, 3.8) is 0 Å². The maximum atomic E-state index is 12.4. The van der Waals surface area contributed by atoms with Crippen molar-refractivity contribution < 1.29 is 9.84 Å². The summed E-state index contributed by atoms with van der Waals surface area (Å²) < 4.78 is 9.64. The van der Waals surface area contributed by atoms with Gasteiger partial charge in [-0.15, -0.1) is 0 Å². The molecule has 3 rings (SSSR count). The minimum absolute atomic E-state index is 0.0287. The molecule has 12 heteroatoms. The number of fused-ring (bicyclic) bond motifs is 1. The summed E-state index contributed by atoms with van der Waals surface area (Å²) >= 11 is 17.9. The van der Waals surface area contributed by atoms with Gasteiger partial charge in [-0.1, -0.05) is 34.8 Å². The summed E-state index contributed by atoms with van der Waals surface area (Å²) in [6, 6.07) is 2.98. The Hall–Kier alpha value is -2.04. The highest BCUT2D eigenvalue weighted by atomic mass is 35.5. The molecule has 0 bridgehead atoms. The number of aliphatic hydroxyl groups excluding tert-OH is 1. The van der Waals surface area contributed by atoms with E-state index in [0.29, 0.717) is 58.0 Å². The zero-order valence-electron chi connectivity index (χ0n) is 16.9. The SMILES string of the molecule is Cn1c(=O)c2c(ncn2CCCNCC(O)COc2cc(Cl)c(Cl)cc2Cl)n(C)c1=O. The van der Waals surface area contributed by atoms with Gasteiger partial charge < -0.3 is 19.7 Å². The van der Waals surface area contributed by atoms with Crippen molar-refractivity contribution in [1.82, 2.24) is 24.0 Å². The number of imidazole rings is 1. The molecule has 3 aromatic rings. The molecule has 0 saturated heterocycles. The fourth-order valence-corrected chi connectivity index (χ4v) is 3.66. The van der Waals surface area contributed by atoms with Crippen LogP contribution in [-0.4, -0.2) is 49.6 Å². The van der Waals surface area contributed by atoms with Crippen LogP contribution in [0.3, 0.4) is 0 Å². The molecule has 0 aliphatic rings. The van der Waals surface area contributed by atoms with Crippen LogP contribution in [0.4, 0.5) is 0 Å². The van der Waals surface area contributed by atoms with Gasteiger partial charge in [-0.25, -0.2) is 9.78 Å². The predicted molar refractivity (Wildman–Crippen MR) is 121 cm³/mol. The summed E-state index contributed by atoms with van der Waals surface area (Å²) in [5, 5.41) is 14.2. The molecule has 168 valence electrons. The van der Waals surface area contributed by atoms with E-state index in [2.05, 4.69) is 10.3 Å². The van der Waals surface area contributed by atoms with E-state index in [-0.39, 0.29) is 12.2 Å². The first kappa shape index (κ1) is 23.6. The summed E-state index contributed by atoms with van der Waals surface area (Å²) in [5.41, 5.74) is -0.0500. The number of aryl methyl sites for hydroxylation is 2. The topological polar surface area (TPSA) is 103 Å². The molecule has 0 fully saturated rings. The molecular weight excluding hydrogens is 469 g/mol. The minimum Gasteiger partial charge on any atom is -0.489 e. The standard InChI is InChI=1S/C19H22Cl3N5O4/c1-25-17-16(18(29)26(2)19(25)30)27(10-24-17)5-3-4-23-8-11(28)9-31-15-7-13(21)12(20)6-14(15)22/h6-7,10-11,23,28H,3-5,8-9H2,1-2H3. The van der Waals surface area contributed by atoms with Crippen LogP contribution >= 0.6 is 34.8 Å². The molecule has 31 heavy (non-hydrogen) atoms. The zero-order valence-corrected chi connectivity index (χ0v) is 19.2. The van der Waals surface area contributed by atoms with Gasteiger partial charge in [0.25, 0.3) is 5.56 Å². The highest BCUT2D eigenvalue weighted by molar-refractivity contribution is 6.43. The molecule has 1 aromatic carbocycles. The van der Waals surface area contributed by atoms with Gasteiger partial charge in [0.15, 0.2) is 11.2 Å². The lowest BCUT2D eigenvalue weighted by molar-refractivity contribution is 0.106. The number of rotatable bonds is 9. The number of nitrogens with zero attached hydrogens (tertiary/aromatic N) is 4. The molecule has 0 radical (unpaired) electrons. The highest BCUT2D eigenvalue weighted by Crippen LogP contribution is 2.33. The highest BCUT2D eigenvalue weighted by Gasteiger charge is 2.14. The molecule has 9 nitrogen and oxygen atoms in total. The third kappa shape index (κ3) is 5.24. The lowest BCUT2D eigenvalue weighted by atomic mass is 10.3. The quantitative estimate of drug-likeness (QED) is 0.350. The van der Waals surface area contributed by atoms with Crippen LogP contribution in [-0.2, 0) is 20.6 Å². The number of aromatic nitrogens is 4. The fourth-order valence-electron chi connectivity index (χ4n) is 3.07. The van der Waals surface area contributed by atoms with E-state index in [1.54, 1.807) is 17.9 Å². The van der Waals surface area contributed by atoms with Gasteiger partial charge in [0.05, 0.1) is 21.4 Å². The van der Waals surface area contributed by atoms with Crippen LogP contribution in [0.15, 0.2) is 28.0 Å². The molecule has 1 atom stereocenters. The van der Waals surface area contributed by atoms with E-state index in [1.165, 1.54) is 23.7 Å². The van der Waals surface area contributed by atoms with Gasteiger partial charge in [-0.3, -0.25) is 13.9 Å². The average molecular weight is 491 g/mol. The first-order valence-corrected chi connectivity index (χ1v) is 10.6. The average Bonchev–Trinajstić information content (AvgIpc) is 3.16. The smallest absolute Gasteiger partial charge is 0.332 e. The normalized spacial score (nSPS) is 12.5. The molecule has 0 amide bonds. The maximum Gasteiger partial charge on any atom is 0.332 e. The van der Waals surface area contributed by atoms with E-state index in [1.807, 2.05) is 0 Å². The van der Waals surface area contributed by atoms with Gasteiger partial charge >= 0.3 is 5.69 Å². The van der Waals surface area contributed by atoms with Crippen LogP contribution in [0.2, 0.25) is 15.1 Å². The summed E-state index contributed by atoms with van der Waals surface area (Å²) in [4.78, 5) is 28.6. The Labute approximate surface area is 192 Å². The molecule has 2 N–H and O–H groups in total. The Morgan fingerprint density at radius 3 is 2.58 bits per heavy atom. The monoisotopic (exact) mass is 489 g/mol. The fraction of sp³-hybridized carbons (Fsp3) is 0.421. The Morgan fingerprint density at radius 1 is 1.13 bits per heavy atom. The van der Waals surface area contributed by atoms with Crippen molar-refractivity contribution in [3.05, 3.63) is 54.4 Å². The largest absolute Gasteiger partial charge is 0.489 e. The van der Waals surface area contributed by atoms with E-state index in [9.17, 15) is 14.7 Å². The third-order valence-corrected chi connectivity index (χ3v) is 5.77. The van der Waals surface area contributed by atoms with Gasteiger partial charge in [0, 0.05) is 33.3 Å². The van der Waals surface area contributed by atoms with Crippen molar-refractivity contribution in [2.45, 2.75) is 19.1 Å². The first-order valence-electron chi connectivity index (χ1n) is 9.47. The maximum absolute atomic E-state index is 12.4. The lowest BCUT2D eigenvalue weighted by Crippen LogP contribution is -2.37. The van der Waals surface area contributed by atoms with Gasteiger partial charge in [-0.2, -0.15) is 0 Å². The Bertz CT molecular complexity index is 1200. The van der Waals surface area contributed by atoms with Crippen molar-refractivity contribution in [2.75, 3.05) is 19.7 Å². The number of benzene rings is 1. The molecular formula is C19H22Cl3N5O4. The molecule has 0 aliphatic carbocycles. The summed E-state index contributed by atoms with van der Waals surface area (Å²) in [5.74, 6) is 0.345. The van der Waals surface area contributed by atoms with Crippen LogP contribution in [0.1, 0.15) is 6.42 Å². The van der Waals surface area contributed by atoms with Crippen LogP contribution < -0.4 is 21.3 Å². The van der Waals surface area contributed by atoms with Crippen LogP contribution in [0.5, 0.6) is 5.75 Å². The number of hydrogen-bond donors (Lipinski definition) is 2. The molecule has 2 aromatic heterocycles. The van der Waals surface area contributed by atoms with Crippen molar-refractivity contribution in [3.8, 4) is 5.75 Å². The van der Waals surface area contributed by atoms with Crippen molar-refractivity contribution >= 4 is 46.0 Å². The van der Waals surface area contributed by atoms with E-state index in [4.69, 9.17) is 39.5 Å². The Morgan fingerprint density at radius 2 is 1.84 bits per heavy atom. The zero-order chi connectivity index (χ0) is 22.7. The third-order valence-electron chi connectivity index (χ3n) is 4.76. The molecule has 0 spiro atoms. The second kappa shape index (κ2) is 10.1. The van der Waals surface area contributed by atoms with Crippen molar-refractivity contribution in [2.24, 2.45) is 14.1 Å². The van der Waals surface area contributed by atoms with E-state index < -0.39 is 11.8 Å². The van der Waals surface area contributed by atoms with Gasteiger partial charge in [0.1, 0.15) is 18.5 Å². The van der Waals surface area contributed by atoms with E-state index >= 15 is 0 Å². The molecule has 1 unspecified atom stereocenters.